The van der Waals surface area contributed by atoms with Gasteiger partial charge in [-0.25, -0.2) is 4.79 Å². The quantitative estimate of drug-likeness (QED) is 0.161. The molecule has 1 fully saturated rings. The number of ether oxygens (including phenoxy) is 1. The van der Waals surface area contributed by atoms with Gasteiger partial charge >= 0.3 is 13.3 Å². The number of anilines is 1. The zero-order valence-corrected chi connectivity index (χ0v) is 25.9. The van der Waals surface area contributed by atoms with E-state index >= 15 is 0 Å². The van der Waals surface area contributed by atoms with E-state index in [1.165, 1.54) is 16.8 Å². The molecular weight excluding hydrogens is 603 g/mol. The van der Waals surface area contributed by atoms with Gasteiger partial charge in [0, 0.05) is 25.0 Å². The molecule has 2 N–H and O–H groups in total. The minimum atomic E-state index is -4.01. The Morgan fingerprint density at radius 2 is 1.35 bits per heavy atom. The molecule has 1 saturated heterocycles. The van der Waals surface area contributed by atoms with E-state index in [4.69, 9.17) is 9.26 Å². The van der Waals surface area contributed by atoms with Crippen molar-refractivity contribution in [3.05, 3.63) is 166 Å². The topological polar surface area (TPSA) is 123 Å². The molecule has 0 bridgehead atoms. The molecule has 10 nitrogen and oxygen atoms in total. The standard InChI is InChI=1S/C35H33N4O6P/c1-46(42,43)45-32-25-38(24-31(44-32)39-23-22-30(37-34(39)41)36-33(40)26-14-6-2-7-15-26)35(27-16-8-3-9-17-27,28-18-10-4-11-19-28)29-20-12-5-13-21-29/h2-23,31-32H,24-25H2,1H3,(H,42,43)(H,36,37,40,41)/t31-,32+/m1/s1. The summed E-state index contributed by atoms with van der Waals surface area (Å²) in [4.78, 5) is 42.6. The number of hydrogen-bond donors (Lipinski definition) is 2. The molecule has 0 saturated carbocycles. The lowest BCUT2D eigenvalue weighted by atomic mass is 9.75. The number of nitrogens with one attached hydrogen (secondary N) is 1. The normalized spacial score (nSPS) is 18.4. The highest BCUT2D eigenvalue weighted by molar-refractivity contribution is 7.51. The van der Waals surface area contributed by atoms with Crippen molar-refractivity contribution in [2.45, 2.75) is 18.1 Å². The van der Waals surface area contributed by atoms with Crippen molar-refractivity contribution in [3.8, 4) is 0 Å². The maximum Gasteiger partial charge on any atom is 0.351 e. The van der Waals surface area contributed by atoms with Gasteiger partial charge in [-0.05, 0) is 34.9 Å². The zero-order valence-electron chi connectivity index (χ0n) is 25.0. The summed E-state index contributed by atoms with van der Waals surface area (Å²) in [6.07, 6.45) is -0.667. The highest BCUT2D eigenvalue weighted by atomic mass is 31.2. The molecule has 11 heteroatoms. The van der Waals surface area contributed by atoms with Crippen LogP contribution in [0.25, 0.3) is 0 Å². The summed E-state index contributed by atoms with van der Waals surface area (Å²) in [5.74, 6) is -0.324. The molecule has 1 amide bonds. The average Bonchev–Trinajstić information content (AvgIpc) is 3.06. The Morgan fingerprint density at radius 3 is 1.83 bits per heavy atom. The SMILES string of the molecule is CP(=O)(O)O[C@H]1CN(C(c2ccccc2)(c2ccccc2)c2ccccc2)C[C@H](n2ccc(NC(=O)c3ccccc3)nc2=O)O1. The van der Waals surface area contributed by atoms with Gasteiger partial charge in [0.05, 0.1) is 12.1 Å². The Bertz CT molecular complexity index is 1790. The first-order chi connectivity index (χ1) is 22.2. The first-order valence-corrected chi connectivity index (χ1v) is 16.8. The molecule has 234 valence electrons. The van der Waals surface area contributed by atoms with Gasteiger partial charge in [-0.15, -0.1) is 0 Å². The third-order valence-electron chi connectivity index (χ3n) is 7.83. The molecule has 2 heterocycles. The molecule has 5 aromatic rings. The van der Waals surface area contributed by atoms with Crippen LogP contribution in [-0.2, 0) is 19.4 Å². The number of nitrogens with zero attached hydrogens (tertiary/aromatic N) is 3. The largest absolute Gasteiger partial charge is 0.351 e. The van der Waals surface area contributed by atoms with Crippen LogP contribution in [0.15, 0.2) is 138 Å². The molecule has 0 spiro atoms. The van der Waals surface area contributed by atoms with E-state index in [0.29, 0.717) is 5.56 Å². The summed E-state index contributed by atoms with van der Waals surface area (Å²) in [5, 5.41) is 2.66. The van der Waals surface area contributed by atoms with Gasteiger partial charge in [0.25, 0.3) is 5.91 Å². The van der Waals surface area contributed by atoms with Crippen LogP contribution in [0.1, 0.15) is 33.3 Å². The second kappa shape index (κ2) is 13.3. The Kier molecular flexibility index (Phi) is 9.08. The number of benzene rings is 4. The number of hydrogen-bond acceptors (Lipinski definition) is 7. The molecule has 1 aliphatic heterocycles. The van der Waals surface area contributed by atoms with E-state index in [9.17, 15) is 19.0 Å². The summed E-state index contributed by atoms with van der Waals surface area (Å²) < 4.78 is 25.6. The van der Waals surface area contributed by atoms with Gasteiger partial charge in [0.2, 0.25) is 0 Å². The number of aromatic nitrogens is 2. The molecule has 3 atom stereocenters. The molecule has 4 aromatic carbocycles. The van der Waals surface area contributed by atoms with Gasteiger partial charge in [-0.3, -0.25) is 23.4 Å². The van der Waals surface area contributed by atoms with Crippen LogP contribution in [0.5, 0.6) is 0 Å². The van der Waals surface area contributed by atoms with Crippen molar-refractivity contribution in [1.29, 1.82) is 0 Å². The second-order valence-corrected chi connectivity index (χ2v) is 12.8. The van der Waals surface area contributed by atoms with Crippen LogP contribution in [0.4, 0.5) is 5.82 Å². The Hall–Kier alpha value is -4.70. The Morgan fingerprint density at radius 1 is 0.848 bits per heavy atom. The molecule has 0 aliphatic carbocycles. The van der Waals surface area contributed by atoms with Gasteiger partial charge in [-0.1, -0.05) is 109 Å². The molecule has 0 radical (unpaired) electrons. The maximum atomic E-state index is 13.5. The van der Waals surface area contributed by atoms with Gasteiger partial charge in [0.15, 0.2) is 12.5 Å². The van der Waals surface area contributed by atoms with E-state index < -0.39 is 37.2 Å². The first kappa shape index (κ1) is 31.3. The van der Waals surface area contributed by atoms with Crippen molar-refractivity contribution in [2.24, 2.45) is 0 Å². The molecule has 1 aromatic heterocycles. The number of carbonyl (C=O) groups is 1. The molecule has 46 heavy (non-hydrogen) atoms. The third kappa shape index (κ3) is 6.62. The lowest BCUT2D eigenvalue weighted by molar-refractivity contribution is -0.208. The van der Waals surface area contributed by atoms with Crippen LogP contribution in [0.2, 0.25) is 0 Å². The van der Waals surface area contributed by atoms with E-state index in [2.05, 4.69) is 15.2 Å². The van der Waals surface area contributed by atoms with Crippen molar-refractivity contribution in [3.63, 3.8) is 0 Å². The molecule has 6 rings (SSSR count). The fourth-order valence-corrected chi connectivity index (χ4v) is 6.53. The predicted molar refractivity (Wildman–Crippen MR) is 174 cm³/mol. The van der Waals surface area contributed by atoms with Crippen molar-refractivity contribution >= 4 is 19.3 Å². The van der Waals surface area contributed by atoms with E-state index in [1.54, 1.807) is 30.3 Å². The molecular formula is C35H33N4O6P. The number of morpholine rings is 1. The molecule has 1 aliphatic rings. The third-order valence-corrected chi connectivity index (χ3v) is 8.46. The fourth-order valence-electron chi connectivity index (χ4n) is 5.97. The number of amides is 1. The second-order valence-electron chi connectivity index (χ2n) is 11.0. The van der Waals surface area contributed by atoms with Crippen molar-refractivity contribution in [2.75, 3.05) is 25.1 Å². The Balaban J connectivity index is 1.44. The zero-order chi connectivity index (χ0) is 32.1. The van der Waals surface area contributed by atoms with E-state index in [0.717, 1.165) is 23.4 Å². The summed E-state index contributed by atoms with van der Waals surface area (Å²) in [6, 6.07) is 40.0. The Labute approximate surface area is 266 Å². The van der Waals surface area contributed by atoms with E-state index in [-0.39, 0.29) is 18.9 Å². The predicted octanol–water partition coefficient (Wildman–Crippen LogP) is 5.48. The van der Waals surface area contributed by atoms with Gasteiger partial charge in [0.1, 0.15) is 5.82 Å². The van der Waals surface area contributed by atoms with Crippen LogP contribution < -0.4 is 11.0 Å². The lowest BCUT2D eigenvalue weighted by Gasteiger charge is -2.50. The summed E-state index contributed by atoms with van der Waals surface area (Å²) in [7, 11) is -4.01. The van der Waals surface area contributed by atoms with E-state index in [1.807, 2.05) is 91.0 Å². The summed E-state index contributed by atoms with van der Waals surface area (Å²) in [5.41, 5.74) is 1.66. The van der Waals surface area contributed by atoms with Crippen LogP contribution in [0, 0.1) is 0 Å². The number of carbonyl (C=O) groups excluding carboxylic acids is 1. The van der Waals surface area contributed by atoms with Crippen LogP contribution in [-0.4, -0.2) is 51.3 Å². The van der Waals surface area contributed by atoms with Crippen LogP contribution in [0.3, 0.4) is 0 Å². The number of rotatable bonds is 9. The van der Waals surface area contributed by atoms with Crippen molar-refractivity contribution in [1.82, 2.24) is 14.5 Å². The maximum absolute atomic E-state index is 13.5. The summed E-state index contributed by atoms with van der Waals surface area (Å²) >= 11 is 0. The van der Waals surface area contributed by atoms with Crippen LogP contribution >= 0.6 is 7.60 Å². The fraction of sp³-hybridized carbons (Fsp3) is 0.171. The first-order valence-electron chi connectivity index (χ1n) is 14.8. The lowest BCUT2D eigenvalue weighted by Crippen LogP contribution is -2.57. The minimum absolute atomic E-state index is 0.0798. The summed E-state index contributed by atoms with van der Waals surface area (Å²) in [6.45, 7) is 1.37. The van der Waals surface area contributed by atoms with Crippen molar-refractivity contribution < 1.29 is 23.5 Å². The molecule has 1 unspecified atom stereocenters. The van der Waals surface area contributed by atoms with Gasteiger partial charge in [-0.2, -0.15) is 4.98 Å². The van der Waals surface area contributed by atoms with Gasteiger partial charge < -0.3 is 14.9 Å². The average molecular weight is 637 g/mol. The highest BCUT2D eigenvalue weighted by Crippen LogP contribution is 2.46. The minimum Gasteiger partial charge on any atom is -0.326 e. The smallest absolute Gasteiger partial charge is 0.326 e. The highest BCUT2D eigenvalue weighted by Gasteiger charge is 2.47. The monoisotopic (exact) mass is 636 g/mol.